The minimum Gasteiger partial charge on any atom is -0.410 e. The molecule has 0 saturated carbocycles. The predicted molar refractivity (Wildman–Crippen MR) is 86.8 cm³/mol. The smallest absolute Gasteiger partial charge is 0.384 e. The van der Waals surface area contributed by atoms with Gasteiger partial charge in [-0.3, -0.25) is 9.99 Å². The quantitative estimate of drug-likeness (QED) is 0.194. The lowest BCUT2D eigenvalue weighted by molar-refractivity contribution is 0.182. The molecule has 8 nitrogen and oxygen atoms in total. The third-order valence-electron chi connectivity index (χ3n) is 1.89. The fourth-order valence-electron chi connectivity index (χ4n) is 0.969. The first kappa shape index (κ1) is 20.0. The van der Waals surface area contributed by atoms with Gasteiger partial charge in [-0.25, -0.2) is 0 Å². The van der Waals surface area contributed by atoms with Crippen LogP contribution in [0, 0.1) is 11.8 Å². The molecule has 0 aliphatic heterocycles. The summed E-state index contributed by atoms with van der Waals surface area (Å²) in [5, 5.41) is 15.5. The van der Waals surface area contributed by atoms with Gasteiger partial charge in [-0.1, -0.05) is 32.9 Å². The molecule has 0 aromatic carbocycles. The van der Waals surface area contributed by atoms with Gasteiger partial charge in [-0.05, 0) is 24.1 Å². The fraction of sp³-hybridized carbons (Fsp3) is 0.727. The number of nitrogens with one attached hydrogen (secondary N) is 1. The number of oxime groups is 1. The van der Waals surface area contributed by atoms with E-state index < -0.39 is 7.60 Å². The molecule has 122 valence electrons. The van der Waals surface area contributed by atoms with E-state index in [4.69, 9.17) is 20.0 Å². The Labute approximate surface area is 130 Å². The van der Waals surface area contributed by atoms with E-state index in [9.17, 15) is 4.57 Å². The highest BCUT2D eigenvalue weighted by Crippen LogP contribution is 2.50. The topological polar surface area (TPSA) is 119 Å². The maximum atomic E-state index is 12.7. The van der Waals surface area contributed by atoms with Crippen LogP contribution in [0.15, 0.2) is 10.3 Å². The number of hydrogen-bond acceptors (Lipinski definition) is 7. The molecule has 0 aliphatic carbocycles. The van der Waals surface area contributed by atoms with Gasteiger partial charge >= 0.3 is 7.60 Å². The third-order valence-corrected chi connectivity index (χ3v) is 3.73. The van der Waals surface area contributed by atoms with Crippen LogP contribution in [0.4, 0.5) is 0 Å². The van der Waals surface area contributed by atoms with Gasteiger partial charge in [0.15, 0.2) is 5.11 Å². The lowest BCUT2D eigenvalue weighted by Crippen LogP contribution is -2.25. The Morgan fingerprint density at radius 2 is 1.81 bits per heavy atom. The Morgan fingerprint density at radius 3 is 2.14 bits per heavy atom. The Kier molecular flexibility index (Phi) is 9.36. The van der Waals surface area contributed by atoms with Crippen LogP contribution in [0.25, 0.3) is 0 Å². The van der Waals surface area contributed by atoms with E-state index in [0.717, 1.165) is 6.21 Å². The van der Waals surface area contributed by atoms with Crippen molar-refractivity contribution in [2.45, 2.75) is 27.7 Å². The van der Waals surface area contributed by atoms with Gasteiger partial charge in [0.2, 0.25) is 5.45 Å². The van der Waals surface area contributed by atoms with Crippen LogP contribution in [-0.4, -0.2) is 35.2 Å². The summed E-state index contributed by atoms with van der Waals surface area (Å²) in [5.74, 6) is 0.264. The van der Waals surface area contributed by atoms with Crippen LogP contribution >= 0.6 is 19.8 Å². The lowest BCUT2D eigenvalue weighted by atomic mass is 10.2. The van der Waals surface area contributed by atoms with Crippen LogP contribution in [0.2, 0.25) is 0 Å². The summed E-state index contributed by atoms with van der Waals surface area (Å²) in [4.78, 5) is 0. The maximum absolute atomic E-state index is 12.7. The molecule has 0 aromatic rings. The highest BCUT2D eigenvalue weighted by Gasteiger charge is 2.33. The molecular weight excluding hydrogens is 315 g/mol. The van der Waals surface area contributed by atoms with Gasteiger partial charge < -0.3 is 20.0 Å². The molecule has 0 amide bonds. The number of rotatable bonds is 9. The maximum Gasteiger partial charge on any atom is 0.384 e. The Bertz CT molecular complexity index is 424. The number of nitrogens with two attached hydrogens (primary N) is 1. The van der Waals surface area contributed by atoms with Gasteiger partial charge in [-0.15, -0.1) is 0 Å². The summed E-state index contributed by atoms with van der Waals surface area (Å²) < 4.78 is 23.3. The van der Waals surface area contributed by atoms with Gasteiger partial charge in [0.1, 0.15) is 0 Å². The molecule has 0 radical (unpaired) electrons. The minimum atomic E-state index is -3.77. The molecule has 21 heavy (non-hydrogen) atoms. The molecule has 0 fully saturated rings. The third kappa shape index (κ3) is 8.77. The zero-order chi connectivity index (χ0) is 16.5. The SMILES string of the molecule is CC(C)COP(=O)(OCC(C)C)C(/C=N/NC(N)=S)=N\O. The molecular formula is C11H23N4O4PS. The van der Waals surface area contributed by atoms with Gasteiger partial charge in [0, 0.05) is 0 Å². The zero-order valence-electron chi connectivity index (χ0n) is 12.6. The Hall–Kier alpha value is -1.02. The normalized spacial score (nSPS) is 13.3. The second-order valence-electron chi connectivity index (χ2n) is 5.07. The molecule has 0 rings (SSSR count). The van der Waals surface area contributed by atoms with Crippen LogP contribution < -0.4 is 11.2 Å². The average molecular weight is 338 g/mol. The summed E-state index contributed by atoms with van der Waals surface area (Å²) in [7, 11) is -3.77. The Balaban J connectivity index is 5.08. The number of hydrogen-bond donors (Lipinski definition) is 3. The van der Waals surface area contributed by atoms with Crippen molar-refractivity contribution >= 4 is 36.6 Å². The van der Waals surface area contributed by atoms with Crippen molar-refractivity contribution in [3.63, 3.8) is 0 Å². The van der Waals surface area contributed by atoms with E-state index in [2.05, 4.69) is 27.9 Å². The van der Waals surface area contributed by atoms with Crippen LogP contribution in [0.5, 0.6) is 0 Å². The van der Waals surface area contributed by atoms with E-state index in [1.54, 1.807) is 0 Å². The average Bonchev–Trinajstić information content (AvgIpc) is 2.38. The summed E-state index contributed by atoms with van der Waals surface area (Å²) in [5.41, 5.74) is 7.14. The van der Waals surface area contributed by atoms with Crippen LogP contribution in [0.3, 0.4) is 0 Å². The molecule has 0 spiro atoms. The van der Waals surface area contributed by atoms with Crippen LogP contribution in [0.1, 0.15) is 27.7 Å². The molecule has 0 atom stereocenters. The van der Waals surface area contributed by atoms with Gasteiger partial charge in [0.25, 0.3) is 0 Å². The molecule has 0 aromatic heterocycles. The highest BCUT2D eigenvalue weighted by molar-refractivity contribution is 7.80. The summed E-state index contributed by atoms with van der Waals surface area (Å²) in [6, 6.07) is 0. The Morgan fingerprint density at radius 1 is 1.33 bits per heavy atom. The molecule has 0 unspecified atom stereocenters. The zero-order valence-corrected chi connectivity index (χ0v) is 14.4. The van der Waals surface area contributed by atoms with Crippen molar-refractivity contribution in [1.82, 2.24) is 5.43 Å². The van der Waals surface area contributed by atoms with E-state index >= 15 is 0 Å². The number of nitrogens with zero attached hydrogens (tertiary/aromatic N) is 2. The van der Waals surface area contributed by atoms with Crippen molar-refractivity contribution in [2.75, 3.05) is 13.2 Å². The van der Waals surface area contributed by atoms with Crippen molar-refractivity contribution < 1.29 is 18.8 Å². The minimum absolute atomic E-state index is 0.0791. The first-order valence-electron chi connectivity index (χ1n) is 6.41. The van der Waals surface area contributed by atoms with Crippen molar-refractivity contribution in [2.24, 2.45) is 27.8 Å². The van der Waals surface area contributed by atoms with Crippen LogP contribution in [-0.2, 0) is 13.6 Å². The monoisotopic (exact) mass is 338 g/mol. The van der Waals surface area contributed by atoms with E-state index in [1.165, 1.54) is 0 Å². The number of thiocarbonyl (C=S) groups is 1. The molecule has 0 aliphatic rings. The lowest BCUT2D eigenvalue weighted by Gasteiger charge is -2.19. The predicted octanol–water partition coefficient (Wildman–Crippen LogP) is 2.13. The number of hydrazone groups is 1. The first-order chi connectivity index (χ1) is 9.71. The summed E-state index contributed by atoms with van der Waals surface area (Å²) >= 11 is 4.57. The molecule has 0 saturated heterocycles. The van der Waals surface area contributed by atoms with E-state index in [1.807, 2.05) is 27.7 Å². The van der Waals surface area contributed by atoms with E-state index in [-0.39, 0.29) is 35.6 Å². The van der Waals surface area contributed by atoms with Crippen molar-refractivity contribution in [3.8, 4) is 0 Å². The fourth-order valence-corrected chi connectivity index (χ4v) is 2.66. The first-order valence-corrected chi connectivity index (χ1v) is 8.36. The van der Waals surface area contributed by atoms with Gasteiger partial charge in [0.05, 0.1) is 19.4 Å². The highest BCUT2D eigenvalue weighted by atomic mass is 32.1. The second kappa shape index (κ2) is 9.83. The second-order valence-corrected chi connectivity index (χ2v) is 7.48. The molecule has 0 heterocycles. The van der Waals surface area contributed by atoms with Crippen molar-refractivity contribution in [3.05, 3.63) is 0 Å². The molecule has 4 N–H and O–H groups in total. The summed E-state index contributed by atoms with van der Waals surface area (Å²) in [6.45, 7) is 7.95. The van der Waals surface area contributed by atoms with E-state index in [0.29, 0.717) is 0 Å². The summed E-state index contributed by atoms with van der Waals surface area (Å²) in [6.07, 6.45) is 1.00. The standard InChI is InChI=1S/C11H23N4O4PS/c1-8(2)6-18-20(17,19-7-9(3)4)10(15-16)5-13-14-11(12)21/h5,8-9,16H,6-7H2,1-4H3,(H3,12,14,21)/b13-5+,15-10-. The van der Waals surface area contributed by atoms with Gasteiger partial charge in [-0.2, -0.15) is 5.10 Å². The molecule has 0 bridgehead atoms. The molecule has 10 heteroatoms. The van der Waals surface area contributed by atoms with Crippen molar-refractivity contribution in [1.29, 1.82) is 0 Å². The largest absolute Gasteiger partial charge is 0.410 e.